The Kier molecular flexibility index (Phi) is 6.52. The van der Waals surface area contributed by atoms with Gasteiger partial charge in [0, 0.05) is 16.7 Å². The highest BCUT2D eigenvalue weighted by molar-refractivity contribution is 5.33. The van der Waals surface area contributed by atoms with Gasteiger partial charge in [-0.1, -0.05) is 58.4 Å². The van der Waals surface area contributed by atoms with Gasteiger partial charge in [0.05, 0.1) is 24.5 Å². The SMILES string of the molecule is C[C@H](C/C=C/C(C)(C)O)[C@H]1CC[C@@]2(C)C3[C@@H](O)C=C4C(CC[C@H](O)C4(C)C)[C@]3(CF)CC[C@]12C. The van der Waals surface area contributed by atoms with Gasteiger partial charge in [-0.3, -0.25) is 4.39 Å². The van der Waals surface area contributed by atoms with Gasteiger partial charge in [0.1, 0.15) is 0 Å². The molecule has 0 aromatic carbocycles. The highest BCUT2D eigenvalue weighted by atomic mass is 19.1. The summed E-state index contributed by atoms with van der Waals surface area (Å²) < 4.78 is 15.4. The van der Waals surface area contributed by atoms with Gasteiger partial charge in [0.15, 0.2) is 0 Å². The fourth-order valence-corrected chi connectivity index (χ4v) is 9.44. The van der Waals surface area contributed by atoms with Crippen LogP contribution in [0.2, 0.25) is 0 Å². The quantitative estimate of drug-likeness (QED) is 0.413. The van der Waals surface area contributed by atoms with E-state index in [4.69, 9.17) is 0 Å². The molecule has 0 amide bonds. The van der Waals surface area contributed by atoms with Crippen molar-refractivity contribution in [2.45, 2.75) is 111 Å². The van der Waals surface area contributed by atoms with E-state index in [0.29, 0.717) is 18.3 Å². The van der Waals surface area contributed by atoms with Crippen molar-refractivity contribution in [1.29, 1.82) is 0 Å². The molecule has 0 aromatic heterocycles. The van der Waals surface area contributed by atoms with Crippen molar-refractivity contribution in [3.05, 3.63) is 23.8 Å². The van der Waals surface area contributed by atoms with E-state index in [1.54, 1.807) is 13.8 Å². The van der Waals surface area contributed by atoms with Gasteiger partial charge in [-0.25, -0.2) is 0 Å². The monoisotopic (exact) mass is 476 g/mol. The minimum absolute atomic E-state index is 0.0499. The summed E-state index contributed by atoms with van der Waals surface area (Å²) in [4.78, 5) is 0. The molecule has 0 aliphatic heterocycles. The van der Waals surface area contributed by atoms with Crippen molar-refractivity contribution in [3.8, 4) is 0 Å². The highest BCUT2D eigenvalue weighted by Crippen LogP contribution is 2.75. The van der Waals surface area contributed by atoms with Gasteiger partial charge in [0.25, 0.3) is 0 Å². The lowest BCUT2D eigenvalue weighted by molar-refractivity contribution is -0.189. The number of fused-ring (bicyclic) bond motifs is 5. The molecule has 0 heterocycles. The Morgan fingerprint density at radius 2 is 1.74 bits per heavy atom. The normalized spacial score (nSPS) is 47.0. The molecule has 4 aliphatic carbocycles. The summed E-state index contributed by atoms with van der Waals surface area (Å²) >= 11 is 0. The lowest BCUT2D eigenvalue weighted by atomic mass is 9.38. The first-order valence-corrected chi connectivity index (χ1v) is 13.7. The number of hydrogen-bond acceptors (Lipinski definition) is 3. The zero-order valence-electron chi connectivity index (χ0n) is 22.6. The smallest absolute Gasteiger partial charge is 0.0960 e. The summed E-state index contributed by atoms with van der Waals surface area (Å²) in [5, 5.41) is 32.5. The summed E-state index contributed by atoms with van der Waals surface area (Å²) in [7, 11) is 0. The summed E-state index contributed by atoms with van der Waals surface area (Å²) in [6, 6.07) is 0. The number of allylic oxidation sites excluding steroid dienone is 1. The first kappa shape index (κ1) is 26.4. The number of aliphatic hydroxyl groups excluding tert-OH is 2. The van der Waals surface area contributed by atoms with Crippen molar-refractivity contribution in [1.82, 2.24) is 0 Å². The van der Waals surface area contributed by atoms with Crippen LogP contribution in [-0.4, -0.2) is 39.8 Å². The number of rotatable bonds is 5. The molecule has 4 rings (SSSR count). The molecule has 0 radical (unpaired) electrons. The fourth-order valence-electron chi connectivity index (χ4n) is 9.44. The summed E-state index contributed by atoms with van der Waals surface area (Å²) in [5.41, 5.74) is -0.727. The van der Waals surface area contributed by atoms with Crippen LogP contribution in [0.25, 0.3) is 0 Å². The molecule has 0 bridgehead atoms. The second-order valence-electron chi connectivity index (χ2n) is 14.1. The molecular formula is C30H49FO3. The maximum atomic E-state index is 15.4. The number of alkyl halides is 1. The lowest BCUT2D eigenvalue weighted by Gasteiger charge is -2.67. The lowest BCUT2D eigenvalue weighted by Crippen LogP contribution is -2.64. The molecule has 0 spiro atoms. The van der Waals surface area contributed by atoms with Crippen LogP contribution >= 0.6 is 0 Å². The molecule has 4 aliphatic rings. The molecule has 4 heteroatoms. The van der Waals surface area contributed by atoms with Gasteiger partial charge >= 0.3 is 0 Å². The molecule has 34 heavy (non-hydrogen) atoms. The molecule has 0 aromatic rings. The van der Waals surface area contributed by atoms with Gasteiger partial charge in [-0.15, -0.1) is 0 Å². The first-order chi connectivity index (χ1) is 15.6. The Balaban J connectivity index is 1.70. The highest BCUT2D eigenvalue weighted by Gasteiger charge is 2.70. The minimum atomic E-state index is -0.795. The molecule has 3 nitrogen and oxygen atoms in total. The van der Waals surface area contributed by atoms with Crippen LogP contribution < -0.4 is 0 Å². The number of halogens is 1. The molecule has 3 saturated carbocycles. The van der Waals surface area contributed by atoms with Crippen LogP contribution in [0.15, 0.2) is 23.8 Å². The molecule has 0 saturated heterocycles. The van der Waals surface area contributed by atoms with Crippen molar-refractivity contribution in [3.63, 3.8) is 0 Å². The van der Waals surface area contributed by atoms with Crippen molar-refractivity contribution >= 4 is 0 Å². The number of aliphatic hydroxyl groups is 3. The van der Waals surface area contributed by atoms with Crippen LogP contribution in [-0.2, 0) is 0 Å². The summed E-state index contributed by atoms with van der Waals surface area (Å²) in [6.45, 7) is 14.5. The third-order valence-electron chi connectivity index (χ3n) is 11.5. The van der Waals surface area contributed by atoms with E-state index in [1.165, 1.54) is 0 Å². The average molecular weight is 477 g/mol. The molecule has 9 atom stereocenters. The van der Waals surface area contributed by atoms with E-state index in [0.717, 1.165) is 44.1 Å². The van der Waals surface area contributed by atoms with Crippen LogP contribution in [0.3, 0.4) is 0 Å². The Labute approximate surface area is 206 Å². The van der Waals surface area contributed by atoms with Crippen molar-refractivity contribution in [2.75, 3.05) is 6.67 Å². The van der Waals surface area contributed by atoms with Crippen LogP contribution in [0.5, 0.6) is 0 Å². The molecule has 3 N–H and O–H groups in total. The predicted octanol–water partition coefficient (Wildman–Crippen LogP) is 6.23. The number of hydrogen-bond donors (Lipinski definition) is 3. The standard InChI is InChI=1S/C30H49FO3/c1-19(9-8-13-26(2,3)34)20-12-14-29(7)25-23(32)17-22-21(10-11-24(33)27(22,4)5)30(25,18-31)16-15-28(20,29)6/h8,13,17,19-21,23-25,32-34H,9-12,14-16,18H2,1-7H3/b13-8+/t19-,20-,21?,23+,24+,25?,28-,29+,30-/m1/s1. The van der Waals surface area contributed by atoms with Crippen molar-refractivity contribution in [2.24, 2.45) is 45.3 Å². The van der Waals surface area contributed by atoms with E-state index < -0.39 is 28.6 Å². The first-order valence-electron chi connectivity index (χ1n) is 13.7. The van der Waals surface area contributed by atoms with Crippen molar-refractivity contribution < 1.29 is 19.7 Å². The van der Waals surface area contributed by atoms with E-state index in [-0.39, 0.29) is 29.3 Å². The van der Waals surface area contributed by atoms with E-state index in [1.807, 2.05) is 12.2 Å². The largest absolute Gasteiger partial charge is 0.392 e. The van der Waals surface area contributed by atoms with Crippen LogP contribution in [0.1, 0.15) is 93.4 Å². The van der Waals surface area contributed by atoms with Gasteiger partial charge < -0.3 is 15.3 Å². The maximum Gasteiger partial charge on any atom is 0.0960 e. The van der Waals surface area contributed by atoms with Gasteiger partial charge in [0.2, 0.25) is 0 Å². The van der Waals surface area contributed by atoms with Gasteiger partial charge in [-0.05, 0) is 87.4 Å². The zero-order chi connectivity index (χ0) is 25.3. The maximum absolute atomic E-state index is 15.4. The van der Waals surface area contributed by atoms with E-state index >= 15 is 4.39 Å². The minimum Gasteiger partial charge on any atom is -0.392 e. The summed E-state index contributed by atoms with van der Waals surface area (Å²) in [5.74, 6) is 1.01. The van der Waals surface area contributed by atoms with E-state index in [2.05, 4.69) is 40.7 Å². The molecular weight excluding hydrogens is 427 g/mol. The Bertz CT molecular complexity index is 840. The Hall–Kier alpha value is -0.710. The third-order valence-corrected chi connectivity index (χ3v) is 11.5. The molecule has 2 unspecified atom stereocenters. The van der Waals surface area contributed by atoms with E-state index in [9.17, 15) is 15.3 Å². The Morgan fingerprint density at radius 3 is 2.35 bits per heavy atom. The molecule has 3 fully saturated rings. The third kappa shape index (κ3) is 3.68. The Morgan fingerprint density at radius 1 is 1.06 bits per heavy atom. The summed E-state index contributed by atoms with van der Waals surface area (Å²) in [6.07, 6.45) is 11.4. The second kappa shape index (κ2) is 8.42. The second-order valence-corrected chi connectivity index (χ2v) is 14.1. The average Bonchev–Trinajstić information content (AvgIpc) is 3.01. The van der Waals surface area contributed by atoms with Gasteiger partial charge in [-0.2, -0.15) is 0 Å². The predicted molar refractivity (Wildman–Crippen MR) is 136 cm³/mol. The zero-order valence-corrected chi connectivity index (χ0v) is 22.6. The fraction of sp³-hybridized carbons (Fsp3) is 0.867. The molecule has 194 valence electrons. The van der Waals surface area contributed by atoms with Crippen LogP contribution in [0, 0.1) is 45.3 Å². The topological polar surface area (TPSA) is 60.7 Å². The van der Waals surface area contributed by atoms with Crippen LogP contribution in [0.4, 0.5) is 4.39 Å².